The average Bonchev–Trinajstić information content (AvgIpc) is 2.48. The number of ether oxygens (including phenoxy) is 3. The molecule has 1 heterocycles. The van der Waals surface area contributed by atoms with Crippen molar-refractivity contribution in [2.75, 3.05) is 33.4 Å². The molecule has 2 rings (SSSR count). The lowest BCUT2D eigenvalue weighted by atomic mass is 10.2. The summed E-state index contributed by atoms with van der Waals surface area (Å²) >= 11 is 0. The van der Waals surface area contributed by atoms with Crippen LogP contribution in [0.5, 0.6) is 5.75 Å². The summed E-state index contributed by atoms with van der Waals surface area (Å²) in [5.74, 6) is 0.452. The third-order valence-electron chi connectivity index (χ3n) is 2.97. The summed E-state index contributed by atoms with van der Waals surface area (Å²) in [4.78, 5) is 10.4. The number of rotatable bonds is 6. The van der Waals surface area contributed by atoms with E-state index in [9.17, 15) is 10.1 Å². The molecule has 7 heteroatoms. The number of hydrogen-bond donors (Lipinski definition) is 1. The lowest BCUT2D eigenvalue weighted by Gasteiger charge is -2.23. The number of nitrogens with one attached hydrogen (secondary N) is 1. The van der Waals surface area contributed by atoms with E-state index in [-0.39, 0.29) is 18.4 Å². The molecule has 0 amide bonds. The minimum absolute atomic E-state index is 0.00136. The van der Waals surface area contributed by atoms with E-state index in [4.69, 9.17) is 14.2 Å². The molecular weight excluding hydrogens is 264 g/mol. The summed E-state index contributed by atoms with van der Waals surface area (Å²) in [7, 11) is 1.48. The van der Waals surface area contributed by atoms with E-state index in [0.29, 0.717) is 24.5 Å². The molecule has 1 fully saturated rings. The van der Waals surface area contributed by atoms with Gasteiger partial charge in [-0.1, -0.05) is 0 Å². The van der Waals surface area contributed by atoms with Crippen molar-refractivity contribution < 1.29 is 19.1 Å². The highest BCUT2D eigenvalue weighted by molar-refractivity contribution is 5.42. The first-order valence-electron chi connectivity index (χ1n) is 6.41. The predicted molar refractivity (Wildman–Crippen MR) is 71.9 cm³/mol. The van der Waals surface area contributed by atoms with Crippen LogP contribution in [0.2, 0.25) is 0 Å². The second kappa shape index (κ2) is 7.18. The van der Waals surface area contributed by atoms with Gasteiger partial charge in [0, 0.05) is 19.2 Å². The van der Waals surface area contributed by atoms with Crippen molar-refractivity contribution in [1.29, 1.82) is 0 Å². The Hall–Kier alpha value is -1.70. The van der Waals surface area contributed by atoms with Gasteiger partial charge in [-0.2, -0.15) is 0 Å². The standard InChI is InChI=1S/C13H18N2O5/c1-18-12-5-10(4-11(6-12)15(16)17)8-19-9-13-7-14-2-3-20-13/h4-6,13-14H,2-3,7-9H2,1H3. The maximum atomic E-state index is 10.8. The Morgan fingerprint density at radius 1 is 1.50 bits per heavy atom. The largest absolute Gasteiger partial charge is 0.496 e. The SMILES string of the molecule is COc1cc(COCC2CNCCO2)cc([N+](=O)[O-])c1. The average molecular weight is 282 g/mol. The van der Waals surface area contributed by atoms with Crippen LogP contribution >= 0.6 is 0 Å². The van der Waals surface area contributed by atoms with E-state index in [2.05, 4.69) is 5.32 Å². The van der Waals surface area contributed by atoms with Crippen LogP contribution in [0.1, 0.15) is 5.56 Å². The van der Waals surface area contributed by atoms with Gasteiger partial charge in [-0.15, -0.1) is 0 Å². The van der Waals surface area contributed by atoms with Gasteiger partial charge in [0.25, 0.3) is 5.69 Å². The highest BCUT2D eigenvalue weighted by Crippen LogP contribution is 2.23. The fraction of sp³-hybridized carbons (Fsp3) is 0.538. The molecule has 1 aliphatic rings. The third kappa shape index (κ3) is 4.16. The van der Waals surface area contributed by atoms with Gasteiger partial charge in [-0.05, 0) is 11.6 Å². The number of hydrogen-bond acceptors (Lipinski definition) is 6. The Morgan fingerprint density at radius 2 is 2.35 bits per heavy atom. The normalized spacial score (nSPS) is 18.8. The van der Waals surface area contributed by atoms with Crippen molar-refractivity contribution in [1.82, 2.24) is 5.32 Å². The molecule has 0 bridgehead atoms. The second-order valence-electron chi connectivity index (χ2n) is 4.51. The first-order valence-corrected chi connectivity index (χ1v) is 6.41. The number of nitro groups is 1. The van der Waals surface area contributed by atoms with Crippen molar-refractivity contribution in [3.8, 4) is 5.75 Å². The summed E-state index contributed by atoms with van der Waals surface area (Å²) in [5, 5.41) is 14.0. The van der Waals surface area contributed by atoms with Crippen molar-refractivity contribution in [2.24, 2.45) is 0 Å². The van der Waals surface area contributed by atoms with Gasteiger partial charge in [0.2, 0.25) is 0 Å². The maximum absolute atomic E-state index is 10.8. The fourth-order valence-electron chi connectivity index (χ4n) is 1.99. The molecular formula is C13H18N2O5. The number of nitro benzene ring substituents is 1. The minimum atomic E-state index is -0.444. The lowest BCUT2D eigenvalue weighted by Crippen LogP contribution is -2.40. The van der Waals surface area contributed by atoms with Crippen LogP contribution in [0.25, 0.3) is 0 Å². The van der Waals surface area contributed by atoms with Crippen LogP contribution < -0.4 is 10.1 Å². The lowest BCUT2D eigenvalue weighted by molar-refractivity contribution is -0.385. The van der Waals surface area contributed by atoms with Crippen LogP contribution in [0.3, 0.4) is 0 Å². The number of nitrogens with zero attached hydrogens (tertiary/aromatic N) is 1. The maximum Gasteiger partial charge on any atom is 0.273 e. The molecule has 0 aliphatic carbocycles. The van der Waals surface area contributed by atoms with E-state index >= 15 is 0 Å². The molecule has 1 unspecified atom stereocenters. The molecule has 0 radical (unpaired) electrons. The molecule has 0 saturated carbocycles. The molecule has 0 aromatic heterocycles. The molecule has 1 aliphatic heterocycles. The van der Waals surface area contributed by atoms with Gasteiger partial charge >= 0.3 is 0 Å². The molecule has 110 valence electrons. The van der Waals surface area contributed by atoms with Crippen LogP contribution in [0, 0.1) is 10.1 Å². The van der Waals surface area contributed by atoms with E-state index in [1.54, 1.807) is 6.07 Å². The quantitative estimate of drug-likeness (QED) is 0.621. The van der Waals surface area contributed by atoms with Gasteiger partial charge in [0.1, 0.15) is 5.75 Å². The van der Waals surface area contributed by atoms with Crippen LogP contribution in [-0.2, 0) is 16.1 Å². The van der Waals surface area contributed by atoms with Crippen molar-refractivity contribution in [3.05, 3.63) is 33.9 Å². The predicted octanol–water partition coefficient (Wildman–Crippen LogP) is 1.11. The van der Waals surface area contributed by atoms with E-state index in [1.165, 1.54) is 19.2 Å². The molecule has 1 aromatic carbocycles. The fourth-order valence-corrected chi connectivity index (χ4v) is 1.99. The summed E-state index contributed by atoms with van der Waals surface area (Å²) < 4.78 is 16.1. The Morgan fingerprint density at radius 3 is 3.00 bits per heavy atom. The smallest absolute Gasteiger partial charge is 0.273 e. The first kappa shape index (κ1) is 14.7. The number of morpholine rings is 1. The molecule has 7 nitrogen and oxygen atoms in total. The summed E-state index contributed by atoms with van der Waals surface area (Å²) in [6.07, 6.45) is 0.0318. The van der Waals surface area contributed by atoms with Gasteiger partial charge in [-0.25, -0.2) is 0 Å². The zero-order valence-corrected chi connectivity index (χ0v) is 11.3. The zero-order valence-electron chi connectivity index (χ0n) is 11.3. The van der Waals surface area contributed by atoms with Gasteiger partial charge < -0.3 is 19.5 Å². The van der Waals surface area contributed by atoms with E-state index < -0.39 is 4.92 Å². The topological polar surface area (TPSA) is 82.9 Å². The Bertz CT molecular complexity index is 460. The molecule has 1 atom stereocenters. The first-order chi connectivity index (χ1) is 9.69. The van der Waals surface area contributed by atoms with Crippen molar-refractivity contribution in [3.63, 3.8) is 0 Å². The third-order valence-corrected chi connectivity index (χ3v) is 2.97. The molecule has 1 aromatic rings. The Kier molecular flexibility index (Phi) is 5.28. The second-order valence-corrected chi connectivity index (χ2v) is 4.51. The highest BCUT2D eigenvalue weighted by atomic mass is 16.6. The molecule has 20 heavy (non-hydrogen) atoms. The number of non-ortho nitro benzene ring substituents is 1. The molecule has 1 N–H and O–H groups in total. The number of methoxy groups -OCH3 is 1. The monoisotopic (exact) mass is 282 g/mol. The van der Waals surface area contributed by atoms with Crippen molar-refractivity contribution >= 4 is 5.69 Å². The van der Waals surface area contributed by atoms with Gasteiger partial charge in [0.15, 0.2) is 0 Å². The van der Waals surface area contributed by atoms with Crippen LogP contribution in [0.15, 0.2) is 18.2 Å². The van der Waals surface area contributed by atoms with Gasteiger partial charge in [0.05, 0.1) is 44.0 Å². The van der Waals surface area contributed by atoms with E-state index in [1.807, 2.05) is 0 Å². The Balaban J connectivity index is 1.91. The van der Waals surface area contributed by atoms with Crippen LogP contribution in [0.4, 0.5) is 5.69 Å². The summed E-state index contributed by atoms with van der Waals surface area (Å²) in [5.41, 5.74) is 0.707. The minimum Gasteiger partial charge on any atom is -0.496 e. The summed E-state index contributed by atoms with van der Waals surface area (Å²) in [6.45, 7) is 3.05. The molecule has 0 spiro atoms. The Labute approximate surface area is 117 Å². The zero-order chi connectivity index (χ0) is 14.4. The van der Waals surface area contributed by atoms with Crippen molar-refractivity contribution in [2.45, 2.75) is 12.7 Å². The number of benzene rings is 1. The van der Waals surface area contributed by atoms with Gasteiger partial charge in [-0.3, -0.25) is 10.1 Å². The van der Waals surface area contributed by atoms with Crippen LogP contribution in [-0.4, -0.2) is 44.4 Å². The van der Waals surface area contributed by atoms with E-state index in [0.717, 1.165) is 13.1 Å². The summed E-state index contributed by atoms with van der Waals surface area (Å²) in [6, 6.07) is 4.60. The highest BCUT2D eigenvalue weighted by Gasteiger charge is 2.14. The molecule has 1 saturated heterocycles.